The topological polar surface area (TPSA) is 110 Å². The summed E-state index contributed by atoms with van der Waals surface area (Å²) >= 11 is 0. The highest BCUT2D eigenvalue weighted by molar-refractivity contribution is 5.94. The molecule has 0 bridgehead atoms. The Hall–Kier alpha value is -2.41. The number of aliphatic carboxylic acids is 1. The second kappa shape index (κ2) is 8.99. The normalized spacial score (nSPS) is 36.2. The van der Waals surface area contributed by atoms with Crippen molar-refractivity contribution in [3.05, 3.63) is 36.1 Å². The van der Waals surface area contributed by atoms with Gasteiger partial charge >= 0.3 is 17.9 Å². The number of carbonyl (C=O) groups is 3. The van der Waals surface area contributed by atoms with E-state index in [4.69, 9.17) is 14.6 Å². The SMILES string of the molecule is C=C1CC[C@@H]2[C@](C)(COC(=O)CCC(=O)O)[C@H](O)CC[C@@]2(C)[C@@H]1C/C=C1\C=COC1=O. The lowest BCUT2D eigenvalue weighted by Gasteiger charge is -2.60. The number of rotatable bonds is 7. The van der Waals surface area contributed by atoms with Crippen LogP contribution in [-0.2, 0) is 23.9 Å². The minimum absolute atomic E-state index is 0.0578. The Morgan fingerprint density at radius 2 is 2.06 bits per heavy atom. The van der Waals surface area contributed by atoms with E-state index in [-0.39, 0.29) is 42.7 Å². The zero-order valence-corrected chi connectivity index (χ0v) is 18.3. The van der Waals surface area contributed by atoms with Gasteiger partial charge in [0, 0.05) is 5.41 Å². The number of aliphatic hydroxyl groups excluding tert-OH is 1. The molecule has 0 aromatic carbocycles. The first-order valence-electron chi connectivity index (χ1n) is 10.9. The first-order valence-corrected chi connectivity index (χ1v) is 10.9. The summed E-state index contributed by atoms with van der Waals surface area (Å²) in [5.41, 5.74) is 0.886. The second-order valence-corrected chi connectivity index (χ2v) is 9.53. The number of ether oxygens (including phenoxy) is 2. The Labute approximate surface area is 182 Å². The molecular formula is C24H32O7. The maximum Gasteiger partial charge on any atom is 0.342 e. The second-order valence-electron chi connectivity index (χ2n) is 9.53. The van der Waals surface area contributed by atoms with E-state index in [0.717, 1.165) is 24.8 Å². The zero-order chi connectivity index (χ0) is 22.8. The third-order valence-electron chi connectivity index (χ3n) is 7.67. The van der Waals surface area contributed by atoms with E-state index in [1.807, 2.05) is 13.0 Å². The van der Waals surface area contributed by atoms with Crippen molar-refractivity contribution in [3.8, 4) is 0 Å². The number of cyclic esters (lactones) is 1. The van der Waals surface area contributed by atoms with Crippen LogP contribution in [0.4, 0.5) is 0 Å². The maximum atomic E-state index is 12.0. The number of fused-ring (bicyclic) bond motifs is 1. The largest absolute Gasteiger partial charge is 0.481 e. The van der Waals surface area contributed by atoms with Gasteiger partial charge in [-0.3, -0.25) is 9.59 Å². The lowest BCUT2D eigenvalue weighted by atomic mass is 9.46. The van der Waals surface area contributed by atoms with E-state index in [9.17, 15) is 19.5 Å². The smallest absolute Gasteiger partial charge is 0.342 e. The molecule has 0 radical (unpaired) electrons. The van der Waals surface area contributed by atoms with Crippen molar-refractivity contribution in [2.24, 2.45) is 22.7 Å². The zero-order valence-electron chi connectivity index (χ0n) is 18.3. The minimum atomic E-state index is -1.04. The molecule has 170 valence electrons. The summed E-state index contributed by atoms with van der Waals surface area (Å²) in [7, 11) is 0. The van der Waals surface area contributed by atoms with E-state index in [1.54, 1.807) is 6.08 Å². The minimum Gasteiger partial charge on any atom is -0.481 e. The third kappa shape index (κ3) is 4.61. The Morgan fingerprint density at radius 1 is 1.32 bits per heavy atom. The number of aliphatic hydroxyl groups is 1. The van der Waals surface area contributed by atoms with Gasteiger partial charge in [-0.25, -0.2) is 4.79 Å². The number of carboxylic acids is 1. The molecule has 2 fully saturated rings. The molecule has 3 rings (SSSR count). The summed E-state index contributed by atoms with van der Waals surface area (Å²) in [6, 6.07) is 0. The van der Waals surface area contributed by atoms with Gasteiger partial charge in [-0.05, 0) is 55.4 Å². The van der Waals surface area contributed by atoms with E-state index >= 15 is 0 Å². The van der Waals surface area contributed by atoms with E-state index in [1.165, 1.54) is 6.26 Å². The summed E-state index contributed by atoms with van der Waals surface area (Å²) in [5.74, 6) is -1.72. The number of esters is 2. The van der Waals surface area contributed by atoms with Gasteiger partial charge in [-0.2, -0.15) is 0 Å². The third-order valence-corrected chi connectivity index (χ3v) is 7.67. The van der Waals surface area contributed by atoms with Crippen LogP contribution in [-0.4, -0.2) is 40.8 Å². The van der Waals surface area contributed by atoms with Crippen LogP contribution in [0.1, 0.15) is 58.8 Å². The first kappa shape index (κ1) is 23.3. The molecule has 5 atom stereocenters. The van der Waals surface area contributed by atoms with Gasteiger partial charge in [0.25, 0.3) is 0 Å². The standard InChI is InChI=1S/C24H32O7/c1-15-4-7-18-23(2,17(15)6-5-16-11-13-30-22(16)29)12-10-19(25)24(18,3)14-31-21(28)9-8-20(26)27/h5,11,13,17-19,25H,1,4,6-10,12,14H2,2-3H3,(H,26,27)/b16-5+/t17-,18+,19-,23+,24+/m1/s1. The molecule has 2 N–H and O–H groups in total. The molecule has 2 saturated carbocycles. The van der Waals surface area contributed by atoms with Crippen molar-refractivity contribution in [3.63, 3.8) is 0 Å². The van der Waals surface area contributed by atoms with Crippen molar-refractivity contribution in [1.29, 1.82) is 0 Å². The van der Waals surface area contributed by atoms with Crippen LogP contribution in [0.3, 0.4) is 0 Å². The van der Waals surface area contributed by atoms with E-state index in [0.29, 0.717) is 18.4 Å². The molecule has 0 aromatic rings. The number of hydrogen-bond acceptors (Lipinski definition) is 6. The Balaban J connectivity index is 1.78. The number of carbonyl (C=O) groups excluding carboxylic acids is 2. The summed E-state index contributed by atoms with van der Waals surface area (Å²) in [4.78, 5) is 34.5. The lowest BCUT2D eigenvalue weighted by Crippen LogP contribution is -2.57. The molecule has 31 heavy (non-hydrogen) atoms. The van der Waals surface area contributed by atoms with Crippen molar-refractivity contribution >= 4 is 17.9 Å². The van der Waals surface area contributed by atoms with Gasteiger partial charge in [-0.1, -0.05) is 32.1 Å². The van der Waals surface area contributed by atoms with Crippen LogP contribution < -0.4 is 0 Å². The van der Waals surface area contributed by atoms with Gasteiger partial charge in [0.05, 0.1) is 37.4 Å². The van der Waals surface area contributed by atoms with Crippen molar-refractivity contribution < 1.29 is 34.1 Å². The molecule has 7 heteroatoms. The molecule has 2 aliphatic carbocycles. The predicted molar refractivity (Wildman–Crippen MR) is 113 cm³/mol. The molecule has 0 unspecified atom stereocenters. The van der Waals surface area contributed by atoms with Crippen LogP contribution in [0, 0.1) is 22.7 Å². The van der Waals surface area contributed by atoms with Gasteiger partial charge < -0.3 is 19.7 Å². The molecule has 0 saturated heterocycles. The highest BCUT2D eigenvalue weighted by Gasteiger charge is 2.58. The molecule has 1 heterocycles. The van der Waals surface area contributed by atoms with Gasteiger partial charge in [0.1, 0.15) is 0 Å². The van der Waals surface area contributed by atoms with Crippen molar-refractivity contribution in [1.82, 2.24) is 0 Å². The molecule has 3 aliphatic rings. The quantitative estimate of drug-likeness (QED) is 0.360. The first-order chi connectivity index (χ1) is 14.6. The number of allylic oxidation sites excluding steroid dienone is 2. The van der Waals surface area contributed by atoms with E-state index < -0.39 is 23.5 Å². The molecule has 0 spiro atoms. The highest BCUT2D eigenvalue weighted by atomic mass is 16.5. The molecule has 1 aliphatic heterocycles. The highest BCUT2D eigenvalue weighted by Crippen LogP contribution is 2.61. The molecule has 0 amide bonds. The van der Waals surface area contributed by atoms with Gasteiger partial charge in [0.15, 0.2) is 0 Å². The predicted octanol–water partition coefficient (Wildman–Crippen LogP) is 3.53. The van der Waals surface area contributed by atoms with Crippen LogP contribution >= 0.6 is 0 Å². The van der Waals surface area contributed by atoms with Crippen LogP contribution in [0.2, 0.25) is 0 Å². The summed E-state index contributed by atoms with van der Waals surface area (Å²) in [6.45, 7) is 8.54. The number of hydrogen-bond donors (Lipinski definition) is 2. The summed E-state index contributed by atoms with van der Waals surface area (Å²) in [6.07, 6.45) is 7.60. The fourth-order valence-corrected chi connectivity index (χ4v) is 5.84. The fourth-order valence-electron chi connectivity index (χ4n) is 5.84. The van der Waals surface area contributed by atoms with Crippen LogP contribution in [0.15, 0.2) is 36.1 Å². The monoisotopic (exact) mass is 432 g/mol. The lowest BCUT2D eigenvalue weighted by molar-refractivity contribution is -0.175. The maximum absolute atomic E-state index is 12.0. The molecule has 0 aromatic heterocycles. The van der Waals surface area contributed by atoms with Crippen LogP contribution in [0.5, 0.6) is 0 Å². The fraction of sp³-hybridized carbons (Fsp3) is 0.625. The van der Waals surface area contributed by atoms with Gasteiger partial charge in [-0.15, -0.1) is 0 Å². The summed E-state index contributed by atoms with van der Waals surface area (Å²) < 4.78 is 10.3. The summed E-state index contributed by atoms with van der Waals surface area (Å²) in [5, 5.41) is 19.7. The Kier molecular flexibility index (Phi) is 6.74. The molecule has 7 nitrogen and oxygen atoms in total. The Morgan fingerprint density at radius 3 is 2.71 bits per heavy atom. The average molecular weight is 433 g/mol. The average Bonchev–Trinajstić information content (AvgIpc) is 3.12. The number of carboxylic acid groups (broad SMARTS) is 1. The molecular weight excluding hydrogens is 400 g/mol. The van der Waals surface area contributed by atoms with Gasteiger partial charge in [0.2, 0.25) is 0 Å². The van der Waals surface area contributed by atoms with E-state index in [2.05, 4.69) is 13.5 Å². The van der Waals surface area contributed by atoms with Crippen molar-refractivity contribution in [2.45, 2.75) is 64.9 Å². The Bertz CT molecular complexity index is 826. The van der Waals surface area contributed by atoms with Crippen LogP contribution in [0.25, 0.3) is 0 Å². The van der Waals surface area contributed by atoms with Crippen molar-refractivity contribution in [2.75, 3.05) is 6.61 Å².